The summed E-state index contributed by atoms with van der Waals surface area (Å²) in [5.41, 5.74) is 1.95. The minimum atomic E-state index is 0.328. The van der Waals surface area contributed by atoms with Crippen molar-refractivity contribution in [3.05, 3.63) is 22.8 Å². The third kappa shape index (κ3) is 6.34. The van der Waals surface area contributed by atoms with E-state index in [0.717, 1.165) is 30.5 Å². The fourth-order valence-corrected chi connectivity index (χ4v) is 6.25. The minimum Gasteiger partial charge on any atom is -0.312 e. The maximum Gasteiger partial charge on any atom is 0.0217 e. The van der Waals surface area contributed by atoms with Crippen molar-refractivity contribution in [2.45, 2.75) is 85.2 Å². The molecule has 2 fully saturated rings. The number of allylic oxidation sites excluding steroid dienone is 4. The number of hydrogen-bond acceptors (Lipinski definition) is 3. The molecule has 0 spiro atoms. The van der Waals surface area contributed by atoms with Gasteiger partial charge in [0.25, 0.3) is 0 Å². The smallest absolute Gasteiger partial charge is 0.0217 e. The number of nitrogens with one attached hydrogen (secondary N) is 1. The maximum absolute atomic E-state index is 6.20. The van der Waals surface area contributed by atoms with Gasteiger partial charge in [-0.3, -0.25) is 0 Å². The van der Waals surface area contributed by atoms with Crippen molar-refractivity contribution in [3.63, 3.8) is 0 Å². The molecule has 3 atom stereocenters. The molecule has 1 aliphatic carbocycles. The van der Waals surface area contributed by atoms with Crippen molar-refractivity contribution in [1.29, 1.82) is 0 Å². The summed E-state index contributed by atoms with van der Waals surface area (Å²) in [6.07, 6.45) is 12.0. The van der Waals surface area contributed by atoms with Crippen LogP contribution in [-0.2, 0) is 0 Å². The highest BCUT2D eigenvalue weighted by Gasteiger charge is 2.38. The zero-order chi connectivity index (χ0) is 21.7. The fraction of sp³-hybridized carbons (Fsp3) is 0.846. The van der Waals surface area contributed by atoms with E-state index in [2.05, 4.69) is 61.9 Å². The van der Waals surface area contributed by atoms with Crippen LogP contribution >= 0.6 is 11.6 Å². The third-order valence-electron chi connectivity index (χ3n) is 7.94. The quantitative estimate of drug-likeness (QED) is 0.503. The summed E-state index contributed by atoms with van der Waals surface area (Å²) in [5, 5.41) is 4.96. The Morgan fingerprint density at radius 3 is 2.60 bits per heavy atom. The highest BCUT2D eigenvalue weighted by Crippen LogP contribution is 2.42. The van der Waals surface area contributed by atoms with E-state index in [1.165, 1.54) is 58.4 Å². The number of halogens is 1. The molecule has 0 radical (unpaired) electrons. The average molecular weight is 436 g/mol. The van der Waals surface area contributed by atoms with Crippen LogP contribution in [0.4, 0.5) is 0 Å². The minimum absolute atomic E-state index is 0.328. The van der Waals surface area contributed by atoms with Gasteiger partial charge in [0, 0.05) is 30.2 Å². The number of hydrogen-bond donors (Lipinski definition) is 1. The van der Waals surface area contributed by atoms with E-state index in [-0.39, 0.29) is 0 Å². The van der Waals surface area contributed by atoms with Gasteiger partial charge >= 0.3 is 0 Å². The summed E-state index contributed by atoms with van der Waals surface area (Å²) in [6.45, 7) is 19.3. The predicted octanol–water partition coefficient (Wildman–Crippen LogP) is 5.67. The molecule has 2 aliphatic heterocycles. The normalized spacial score (nSPS) is 29.2. The van der Waals surface area contributed by atoms with E-state index in [9.17, 15) is 0 Å². The van der Waals surface area contributed by atoms with Crippen molar-refractivity contribution >= 4 is 11.6 Å². The molecular weight excluding hydrogens is 390 g/mol. The molecule has 2 heterocycles. The average Bonchev–Trinajstić information content (AvgIpc) is 3.15. The van der Waals surface area contributed by atoms with Crippen LogP contribution in [0.15, 0.2) is 22.8 Å². The molecule has 0 aromatic carbocycles. The second-order valence-electron chi connectivity index (χ2n) is 10.9. The number of piperidine rings is 1. The van der Waals surface area contributed by atoms with E-state index in [4.69, 9.17) is 11.6 Å². The van der Waals surface area contributed by atoms with Crippen LogP contribution in [-0.4, -0.2) is 61.2 Å². The molecule has 3 aliphatic rings. The largest absolute Gasteiger partial charge is 0.312 e. The summed E-state index contributed by atoms with van der Waals surface area (Å²) >= 11 is 6.20. The van der Waals surface area contributed by atoms with Gasteiger partial charge in [0.15, 0.2) is 0 Å². The van der Waals surface area contributed by atoms with Crippen molar-refractivity contribution in [3.8, 4) is 0 Å². The van der Waals surface area contributed by atoms with Gasteiger partial charge < -0.3 is 15.1 Å². The van der Waals surface area contributed by atoms with Crippen LogP contribution in [0.25, 0.3) is 0 Å². The SMILES string of the molecule is CCN1CCC[C@H]1CCN[C@@H](CN1CCC(C2=CC=C(Cl)CC2)C(C)(C)C1)C(C)C. The van der Waals surface area contributed by atoms with Gasteiger partial charge in [0.05, 0.1) is 0 Å². The maximum atomic E-state index is 6.20. The van der Waals surface area contributed by atoms with Gasteiger partial charge in [-0.1, -0.05) is 57.9 Å². The molecule has 0 amide bonds. The number of likely N-dealkylation sites (tertiary alicyclic amines) is 2. The second-order valence-corrected chi connectivity index (χ2v) is 11.4. The molecule has 0 aromatic heterocycles. The Kier molecular flexibility index (Phi) is 8.90. The second kappa shape index (κ2) is 11.0. The van der Waals surface area contributed by atoms with Gasteiger partial charge in [0.2, 0.25) is 0 Å². The van der Waals surface area contributed by atoms with Crippen LogP contribution in [0.3, 0.4) is 0 Å². The van der Waals surface area contributed by atoms with E-state index in [0.29, 0.717) is 23.3 Å². The lowest BCUT2D eigenvalue weighted by Gasteiger charge is -2.47. The van der Waals surface area contributed by atoms with Crippen molar-refractivity contribution in [2.24, 2.45) is 17.3 Å². The molecule has 2 saturated heterocycles. The van der Waals surface area contributed by atoms with E-state index >= 15 is 0 Å². The lowest BCUT2D eigenvalue weighted by Crippen LogP contribution is -2.52. The standard InChI is InChI=1S/C26H46ClN3/c1-6-30-16-7-8-23(30)13-15-28-25(20(2)3)18-29-17-14-24(26(4,5)19-29)21-9-11-22(27)12-10-21/h9,11,20,23-25,28H,6-8,10,12-19H2,1-5H3/t23-,24?,25-/m0/s1. The molecule has 0 saturated carbocycles. The summed E-state index contributed by atoms with van der Waals surface area (Å²) in [7, 11) is 0. The zero-order valence-corrected chi connectivity index (χ0v) is 21.0. The van der Waals surface area contributed by atoms with Gasteiger partial charge in [-0.2, -0.15) is 0 Å². The van der Waals surface area contributed by atoms with Gasteiger partial charge in [0.1, 0.15) is 0 Å². The lowest BCUT2D eigenvalue weighted by atomic mass is 9.68. The van der Waals surface area contributed by atoms with Gasteiger partial charge in [-0.15, -0.1) is 0 Å². The molecular formula is C26H46ClN3. The number of nitrogens with zero attached hydrogens (tertiary/aromatic N) is 2. The predicted molar refractivity (Wildman–Crippen MR) is 131 cm³/mol. The van der Waals surface area contributed by atoms with Crippen LogP contribution in [0, 0.1) is 17.3 Å². The van der Waals surface area contributed by atoms with Gasteiger partial charge in [-0.25, -0.2) is 0 Å². The summed E-state index contributed by atoms with van der Waals surface area (Å²) in [4.78, 5) is 5.40. The zero-order valence-electron chi connectivity index (χ0n) is 20.2. The van der Waals surface area contributed by atoms with Crippen LogP contribution in [0.1, 0.15) is 73.1 Å². The summed E-state index contributed by atoms with van der Waals surface area (Å²) in [6, 6.07) is 1.39. The molecule has 30 heavy (non-hydrogen) atoms. The highest BCUT2D eigenvalue weighted by atomic mass is 35.5. The fourth-order valence-electron chi connectivity index (χ4n) is 6.09. The monoisotopic (exact) mass is 435 g/mol. The van der Waals surface area contributed by atoms with Gasteiger partial charge in [-0.05, 0) is 88.0 Å². The van der Waals surface area contributed by atoms with Crippen LogP contribution < -0.4 is 5.32 Å². The Labute approximate surface area is 191 Å². The Morgan fingerprint density at radius 1 is 1.17 bits per heavy atom. The molecule has 0 bridgehead atoms. The Morgan fingerprint density at radius 2 is 1.97 bits per heavy atom. The molecule has 0 aromatic rings. The van der Waals surface area contributed by atoms with Crippen molar-refractivity contribution in [1.82, 2.24) is 15.1 Å². The first-order valence-electron chi connectivity index (χ1n) is 12.5. The first-order chi connectivity index (χ1) is 14.3. The summed E-state index contributed by atoms with van der Waals surface area (Å²) in [5.74, 6) is 1.37. The topological polar surface area (TPSA) is 18.5 Å². The Balaban J connectivity index is 1.50. The Hall–Kier alpha value is -0.350. The molecule has 1 N–H and O–H groups in total. The first kappa shape index (κ1) is 24.3. The molecule has 4 heteroatoms. The molecule has 3 rings (SSSR count). The molecule has 1 unspecified atom stereocenters. The molecule has 3 nitrogen and oxygen atoms in total. The Bertz CT molecular complexity index is 609. The molecule has 172 valence electrons. The van der Waals surface area contributed by atoms with E-state index in [1.54, 1.807) is 5.57 Å². The van der Waals surface area contributed by atoms with Crippen LogP contribution in [0.2, 0.25) is 0 Å². The van der Waals surface area contributed by atoms with Crippen molar-refractivity contribution in [2.75, 3.05) is 39.3 Å². The highest BCUT2D eigenvalue weighted by molar-refractivity contribution is 6.29. The van der Waals surface area contributed by atoms with Crippen LogP contribution in [0.5, 0.6) is 0 Å². The van der Waals surface area contributed by atoms with E-state index in [1.807, 2.05) is 0 Å². The number of rotatable bonds is 9. The van der Waals surface area contributed by atoms with E-state index < -0.39 is 0 Å². The third-order valence-corrected chi connectivity index (χ3v) is 8.25. The summed E-state index contributed by atoms with van der Waals surface area (Å²) < 4.78 is 0. The van der Waals surface area contributed by atoms with Crippen molar-refractivity contribution < 1.29 is 0 Å². The first-order valence-corrected chi connectivity index (χ1v) is 12.9. The lowest BCUT2D eigenvalue weighted by molar-refractivity contribution is 0.0602.